The summed E-state index contributed by atoms with van der Waals surface area (Å²) in [5.74, 6) is -0.200. The molecule has 1 fully saturated rings. The molecule has 1 N–H and O–H groups in total. The van der Waals surface area contributed by atoms with Crippen LogP contribution in [0.1, 0.15) is 39.2 Å². The summed E-state index contributed by atoms with van der Waals surface area (Å²) in [6, 6.07) is 4.96. The fraction of sp³-hybridized carbons (Fsp3) is 0.611. The molecule has 0 saturated carbocycles. The van der Waals surface area contributed by atoms with Crippen molar-refractivity contribution in [3.63, 3.8) is 0 Å². The molecular weight excluding hydrogens is 375 g/mol. The van der Waals surface area contributed by atoms with E-state index in [-0.39, 0.29) is 18.0 Å². The normalized spacial score (nSPS) is 16.9. The highest BCUT2D eigenvalue weighted by Gasteiger charge is 2.23. The lowest BCUT2D eigenvalue weighted by molar-refractivity contribution is 0.0479. The summed E-state index contributed by atoms with van der Waals surface area (Å²) in [5, 5.41) is 2.94. The Balaban J connectivity index is 1.73. The number of alkyl carbamates (subject to hydrolysis) is 1. The maximum absolute atomic E-state index is 13.3. The highest BCUT2D eigenvalue weighted by molar-refractivity contribution is 9.10. The van der Waals surface area contributed by atoms with Gasteiger partial charge in [-0.05, 0) is 63.8 Å². The highest BCUT2D eigenvalue weighted by Crippen LogP contribution is 2.19. The molecule has 1 saturated heterocycles. The first-order valence-electron chi connectivity index (χ1n) is 8.39. The lowest BCUT2D eigenvalue weighted by Gasteiger charge is -2.32. The standard InChI is InChI=1S/C18H26BrFN2O2/c1-18(2,3)24-17(23)21-15-7-10-22(11-8-15)9-6-13-12-14(20)4-5-16(13)19/h4-5,12,15H,6-11H2,1-3H3,(H,21,23). The van der Waals surface area contributed by atoms with E-state index in [0.717, 1.165) is 48.9 Å². The molecule has 6 heteroatoms. The number of amides is 1. The SMILES string of the molecule is CC(C)(C)OC(=O)NC1CCN(CCc2cc(F)ccc2Br)CC1. The van der Waals surface area contributed by atoms with E-state index in [2.05, 4.69) is 26.1 Å². The van der Waals surface area contributed by atoms with Gasteiger partial charge in [0.2, 0.25) is 0 Å². The van der Waals surface area contributed by atoms with Crippen LogP contribution < -0.4 is 5.32 Å². The second-order valence-electron chi connectivity index (χ2n) is 7.25. The fourth-order valence-electron chi connectivity index (χ4n) is 2.79. The van der Waals surface area contributed by atoms with E-state index < -0.39 is 5.60 Å². The van der Waals surface area contributed by atoms with Crippen LogP contribution in [0.25, 0.3) is 0 Å². The molecule has 0 bridgehead atoms. The average molecular weight is 401 g/mol. The van der Waals surface area contributed by atoms with Crippen LogP contribution >= 0.6 is 15.9 Å². The van der Waals surface area contributed by atoms with Gasteiger partial charge < -0.3 is 15.0 Å². The molecule has 4 nitrogen and oxygen atoms in total. The van der Waals surface area contributed by atoms with Gasteiger partial charge in [-0.25, -0.2) is 9.18 Å². The van der Waals surface area contributed by atoms with Gasteiger partial charge in [0, 0.05) is 30.1 Å². The van der Waals surface area contributed by atoms with Crippen molar-refractivity contribution in [1.29, 1.82) is 0 Å². The number of likely N-dealkylation sites (tertiary alicyclic amines) is 1. The van der Waals surface area contributed by atoms with Gasteiger partial charge in [-0.15, -0.1) is 0 Å². The Morgan fingerprint density at radius 1 is 1.38 bits per heavy atom. The molecular formula is C18H26BrFN2O2. The first-order chi connectivity index (χ1) is 11.2. The van der Waals surface area contributed by atoms with E-state index >= 15 is 0 Å². The fourth-order valence-corrected chi connectivity index (χ4v) is 3.23. The van der Waals surface area contributed by atoms with Crippen molar-refractivity contribution < 1.29 is 13.9 Å². The molecule has 1 aromatic carbocycles. The van der Waals surface area contributed by atoms with Gasteiger partial charge >= 0.3 is 6.09 Å². The molecule has 0 atom stereocenters. The lowest BCUT2D eigenvalue weighted by atomic mass is 10.0. The minimum Gasteiger partial charge on any atom is -0.444 e. The zero-order chi connectivity index (χ0) is 17.7. The van der Waals surface area contributed by atoms with Crippen molar-refractivity contribution in [2.24, 2.45) is 0 Å². The zero-order valence-corrected chi connectivity index (χ0v) is 16.2. The number of hydrogen-bond donors (Lipinski definition) is 1. The molecule has 1 heterocycles. The smallest absolute Gasteiger partial charge is 0.407 e. The molecule has 24 heavy (non-hydrogen) atoms. The lowest BCUT2D eigenvalue weighted by Crippen LogP contribution is -2.46. The van der Waals surface area contributed by atoms with E-state index in [0.29, 0.717) is 0 Å². The summed E-state index contributed by atoms with van der Waals surface area (Å²) < 4.78 is 19.6. The Hall–Kier alpha value is -1.14. The topological polar surface area (TPSA) is 41.6 Å². The number of benzene rings is 1. The third-order valence-electron chi connectivity index (χ3n) is 4.01. The second kappa shape index (κ2) is 8.30. The molecule has 134 valence electrons. The molecule has 2 rings (SSSR count). The molecule has 1 aliphatic rings. The molecule has 0 radical (unpaired) electrons. The minimum absolute atomic E-state index is 0.164. The van der Waals surface area contributed by atoms with Gasteiger partial charge in [-0.2, -0.15) is 0 Å². The molecule has 0 aromatic heterocycles. The number of halogens is 2. The van der Waals surface area contributed by atoms with Gasteiger partial charge in [0.15, 0.2) is 0 Å². The van der Waals surface area contributed by atoms with Crippen LogP contribution in [0.15, 0.2) is 22.7 Å². The van der Waals surface area contributed by atoms with Gasteiger partial charge in [-0.3, -0.25) is 0 Å². The summed E-state index contributed by atoms with van der Waals surface area (Å²) in [4.78, 5) is 14.2. The van der Waals surface area contributed by atoms with Crippen molar-refractivity contribution in [2.75, 3.05) is 19.6 Å². The number of carbonyl (C=O) groups is 1. The van der Waals surface area contributed by atoms with Gasteiger partial charge in [0.05, 0.1) is 0 Å². The van der Waals surface area contributed by atoms with Gasteiger partial charge in [-0.1, -0.05) is 15.9 Å². The number of rotatable bonds is 4. The number of carbonyl (C=O) groups excluding carboxylic acids is 1. The molecule has 1 aliphatic heterocycles. The van der Waals surface area contributed by atoms with Crippen molar-refractivity contribution in [1.82, 2.24) is 10.2 Å². The van der Waals surface area contributed by atoms with Gasteiger partial charge in [0.1, 0.15) is 11.4 Å². The molecule has 1 amide bonds. The van der Waals surface area contributed by atoms with Gasteiger partial charge in [0.25, 0.3) is 0 Å². The molecule has 0 unspecified atom stereocenters. The van der Waals surface area contributed by atoms with E-state index in [1.807, 2.05) is 20.8 Å². The minimum atomic E-state index is -0.469. The Morgan fingerprint density at radius 2 is 2.04 bits per heavy atom. The predicted octanol–water partition coefficient (Wildman–Crippen LogP) is 4.12. The third-order valence-corrected chi connectivity index (χ3v) is 4.79. The monoisotopic (exact) mass is 400 g/mol. The molecule has 0 aliphatic carbocycles. The van der Waals surface area contributed by atoms with Crippen LogP contribution in [-0.2, 0) is 11.2 Å². The summed E-state index contributed by atoms with van der Waals surface area (Å²) in [5.41, 5.74) is 0.521. The van der Waals surface area contributed by atoms with Crippen LogP contribution in [0.4, 0.5) is 9.18 Å². The Kier molecular flexibility index (Phi) is 6.63. The highest BCUT2D eigenvalue weighted by atomic mass is 79.9. The van der Waals surface area contributed by atoms with E-state index in [1.165, 1.54) is 6.07 Å². The first kappa shape index (κ1) is 19.2. The number of hydrogen-bond acceptors (Lipinski definition) is 3. The average Bonchev–Trinajstić information content (AvgIpc) is 2.47. The molecule has 0 spiro atoms. The third kappa shape index (κ3) is 6.40. The maximum Gasteiger partial charge on any atom is 0.407 e. The Bertz CT molecular complexity index is 567. The predicted molar refractivity (Wildman–Crippen MR) is 96.6 cm³/mol. The van der Waals surface area contributed by atoms with Crippen molar-refractivity contribution >= 4 is 22.0 Å². The van der Waals surface area contributed by atoms with Crippen LogP contribution in [-0.4, -0.2) is 42.3 Å². The van der Waals surface area contributed by atoms with E-state index in [9.17, 15) is 9.18 Å². The van der Waals surface area contributed by atoms with Crippen molar-refractivity contribution in [3.05, 3.63) is 34.1 Å². The largest absolute Gasteiger partial charge is 0.444 e. The Morgan fingerprint density at radius 3 is 2.67 bits per heavy atom. The van der Waals surface area contributed by atoms with Crippen LogP contribution in [0.2, 0.25) is 0 Å². The zero-order valence-electron chi connectivity index (χ0n) is 14.6. The van der Waals surface area contributed by atoms with Crippen LogP contribution in [0.5, 0.6) is 0 Å². The number of piperidine rings is 1. The van der Waals surface area contributed by atoms with E-state index in [4.69, 9.17) is 4.74 Å². The molecule has 1 aromatic rings. The summed E-state index contributed by atoms with van der Waals surface area (Å²) in [6.07, 6.45) is 2.28. The van der Waals surface area contributed by atoms with Crippen LogP contribution in [0.3, 0.4) is 0 Å². The van der Waals surface area contributed by atoms with Crippen molar-refractivity contribution in [3.8, 4) is 0 Å². The number of nitrogens with zero attached hydrogens (tertiary/aromatic N) is 1. The number of ether oxygens (including phenoxy) is 1. The first-order valence-corrected chi connectivity index (χ1v) is 9.18. The van der Waals surface area contributed by atoms with E-state index in [1.54, 1.807) is 12.1 Å². The van der Waals surface area contributed by atoms with Crippen LogP contribution in [0, 0.1) is 5.82 Å². The summed E-state index contributed by atoms with van der Waals surface area (Å²) >= 11 is 3.47. The maximum atomic E-state index is 13.3. The van der Waals surface area contributed by atoms with Crippen molar-refractivity contribution in [2.45, 2.75) is 51.7 Å². The summed E-state index contributed by atoms with van der Waals surface area (Å²) in [7, 11) is 0. The quantitative estimate of drug-likeness (QED) is 0.826. The number of nitrogens with one attached hydrogen (secondary N) is 1. The Labute approximate surface area is 151 Å². The summed E-state index contributed by atoms with van der Waals surface area (Å²) in [6.45, 7) is 8.32. The second-order valence-corrected chi connectivity index (χ2v) is 8.10.